The monoisotopic (exact) mass is 1250 g/mol. The van der Waals surface area contributed by atoms with Gasteiger partial charge in [-0.2, -0.15) is 0 Å². The summed E-state index contributed by atoms with van der Waals surface area (Å²) in [6.45, 7) is 19.5. The molecule has 0 unspecified atom stereocenters. The van der Waals surface area contributed by atoms with Crippen LogP contribution in [0.1, 0.15) is 96.8 Å². The number of para-hydroxylation sites is 4. The highest BCUT2D eigenvalue weighted by Crippen LogP contribution is 2.52. The average Bonchev–Trinajstić information content (AvgIpc) is 1.21. The van der Waals surface area contributed by atoms with E-state index in [1.54, 1.807) is 6.07 Å². The first-order chi connectivity index (χ1) is 51.9. The fourth-order valence-electron chi connectivity index (χ4n) is 15.0. The van der Waals surface area contributed by atoms with Crippen LogP contribution in [0.4, 0.5) is 34.1 Å². The van der Waals surface area contributed by atoms with Crippen molar-refractivity contribution in [1.29, 1.82) is 0 Å². The van der Waals surface area contributed by atoms with E-state index in [2.05, 4.69) is 198 Å². The van der Waals surface area contributed by atoms with Gasteiger partial charge in [-0.05, 0) is 180 Å². The molecule has 462 valence electrons. The molecule has 5 heterocycles. The first kappa shape index (κ1) is 45.3. The zero-order valence-electron chi connectivity index (χ0n) is 67.8. The van der Waals surface area contributed by atoms with Gasteiger partial charge < -0.3 is 23.4 Å². The fourth-order valence-corrected chi connectivity index (χ4v) is 15.0. The van der Waals surface area contributed by atoms with Crippen molar-refractivity contribution >= 4 is 123 Å². The van der Waals surface area contributed by atoms with Crippen LogP contribution in [0.3, 0.4) is 0 Å². The van der Waals surface area contributed by atoms with Gasteiger partial charge in [-0.25, -0.2) is 0 Å². The molecule has 5 nitrogen and oxygen atoms in total. The summed E-state index contributed by atoms with van der Waals surface area (Å²) in [6, 6.07) is 63.9. The van der Waals surface area contributed by atoms with Crippen molar-refractivity contribution in [2.45, 2.75) is 78.6 Å². The van der Waals surface area contributed by atoms with Crippen LogP contribution in [0, 0.1) is 0 Å². The van der Waals surface area contributed by atoms with Gasteiger partial charge in [-0.15, -0.1) is 0 Å². The fraction of sp³-hybridized carbons (Fsp3) is 0.133. The van der Waals surface area contributed by atoms with Crippen molar-refractivity contribution in [3.05, 3.63) is 295 Å². The quantitative estimate of drug-likeness (QED) is 0.149. The van der Waals surface area contributed by atoms with E-state index in [1.165, 1.54) is 15.7 Å². The summed E-state index contributed by atoms with van der Waals surface area (Å²) < 4.78 is 131. The summed E-state index contributed by atoms with van der Waals surface area (Å²) in [4.78, 5) is 4.62. The topological polar surface area (TPSA) is 29.5 Å². The van der Waals surface area contributed by atoms with Gasteiger partial charge in [0.25, 0.3) is 6.71 Å². The molecule has 0 radical (unpaired) electrons. The molecule has 18 rings (SSSR count). The SMILES string of the molecule is [2H]c1c([2H])c([2H])c(-c2ccc3c(c2)N(c2cc(-c4ccccc4)cc(-c4ccccc4)c2)c2cc(C(C)(C)C)cc4c2B3c2ccc(-n3c5ccc(C(C)(C)C)cc5c5cc(C(C)(C)C)ccc53)cc2N4c2cccc3c2oc2c(-n4c5c([2H])c([2H])c([2H])c([2H])c5c5c([2H])c([2H])c([2H])c([2H])c54)cccc23)c([2H])c1[2H]. The maximum absolute atomic E-state index is 9.56. The standard InChI is InChI=1S/C90H73BN4O/c1-88(2,3)62-40-45-77-71(51-62)72-52-63(89(4,5)6)41-46-78(72)92(77)65-42-44-74-82(55-65)95(80-38-24-34-70-69-33-23-37-79(86(69)96-87(70)80)94-75-35-21-19-31-67(75)68-32-20-22-36-76(68)94)84-54-64(90(7,8)9)53-83-85(84)91(74)73-43-39-59(56-25-13-10-14-26-56)50-81(73)93(83)66-48-60(57-27-15-11-16-28-57)47-61(49-66)58-29-17-12-18-30-58/h10-55H,1-9H3/i10D,13D,14D,19D,20D,21D,22D,25D,26D,31D,32D,35D,36D. The van der Waals surface area contributed by atoms with Gasteiger partial charge in [-0.1, -0.05) is 244 Å². The molecule has 0 N–H and O–H groups in total. The predicted molar refractivity (Wildman–Crippen MR) is 409 cm³/mol. The van der Waals surface area contributed by atoms with Crippen LogP contribution >= 0.6 is 0 Å². The highest BCUT2D eigenvalue weighted by atomic mass is 16.3. The molecule has 0 saturated heterocycles. The van der Waals surface area contributed by atoms with Gasteiger partial charge in [0.1, 0.15) is 0 Å². The minimum atomic E-state index is -0.537. The van der Waals surface area contributed by atoms with Crippen molar-refractivity contribution in [2.24, 2.45) is 0 Å². The van der Waals surface area contributed by atoms with E-state index in [0.29, 0.717) is 38.9 Å². The molecule has 0 aliphatic carbocycles. The van der Waals surface area contributed by atoms with Gasteiger partial charge in [0.2, 0.25) is 0 Å². The zero-order valence-corrected chi connectivity index (χ0v) is 54.8. The number of aromatic nitrogens is 2. The molecule has 6 heteroatoms. The van der Waals surface area contributed by atoms with Gasteiger partial charge in [0.15, 0.2) is 11.2 Å². The molecule has 0 fully saturated rings. The second-order valence-corrected chi connectivity index (χ2v) is 28.8. The molecule has 16 aromatic rings. The van der Waals surface area contributed by atoms with E-state index in [1.807, 2.05) is 72.8 Å². The molecule has 0 atom stereocenters. The van der Waals surface area contributed by atoms with Gasteiger partial charge in [0.05, 0.1) is 51.3 Å². The number of rotatable bonds is 7. The molecule has 2 aliphatic heterocycles. The maximum Gasteiger partial charge on any atom is 0.252 e. The third-order valence-corrected chi connectivity index (χ3v) is 19.9. The van der Waals surface area contributed by atoms with Crippen molar-refractivity contribution in [3.63, 3.8) is 0 Å². The average molecular weight is 1250 g/mol. The van der Waals surface area contributed by atoms with Crippen LogP contribution in [0.25, 0.3) is 110 Å². The van der Waals surface area contributed by atoms with E-state index in [4.69, 9.17) is 14.0 Å². The molecule has 0 bridgehead atoms. The first-order valence-electron chi connectivity index (χ1n) is 39.4. The third kappa shape index (κ3) is 8.98. The second-order valence-electron chi connectivity index (χ2n) is 28.8. The van der Waals surface area contributed by atoms with Crippen molar-refractivity contribution in [1.82, 2.24) is 9.13 Å². The molecule has 96 heavy (non-hydrogen) atoms. The van der Waals surface area contributed by atoms with E-state index in [-0.39, 0.29) is 50.3 Å². The Bertz CT molecular complexity index is 6450. The van der Waals surface area contributed by atoms with E-state index < -0.39 is 78.6 Å². The molecular weight excluding hydrogens is 1160 g/mol. The molecule has 2 aliphatic rings. The smallest absolute Gasteiger partial charge is 0.252 e. The number of anilines is 6. The molecule has 0 saturated carbocycles. The Kier molecular flexibility index (Phi) is 10.0. The predicted octanol–water partition coefficient (Wildman–Crippen LogP) is 22.8. The Balaban J connectivity index is 0.981. The van der Waals surface area contributed by atoms with Gasteiger partial charge >= 0.3 is 0 Å². The summed E-state index contributed by atoms with van der Waals surface area (Å²) in [5.74, 6) is 0. The van der Waals surface area contributed by atoms with Gasteiger partial charge in [-0.3, -0.25) is 0 Å². The normalized spacial score (nSPS) is 15.1. The molecule has 0 spiro atoms. The lowest BCUT2D eigenvalue weighted by molar-refractivity contribution is 0.590. The molecule has 0 amide bonds. The largest absolute Gasteiger partial charge is 0.452 e. The number of hydrogen-bond acceptors (Lipinski definition) is 3. The van der Waals surface area contributed by atoms with Gasteiger partial charge in [0, 0.05) is 66.4 Å². The number of hydrogen-bond donors (Lipinski definition) is 0. The summed E-state index contributed by atoms with van der Waals surface area (Å²) in [7, 11) is 0. The van der Waals surface area contributed by atoms with Crippen molar-refractivity contribution in [2.75, 3.05) is 9.80 Å². The minimum Gasteiger partial charge on any atom is -0.452 e. The maximum atomic E-state index is 9.56. The lowest BCUT2D eigenvalue weighted by Gasteiger charge is -2.45. The van der Waals surface area contributed by atoms with E-state index in [9.17, 15) is 8.22 Å². The number of fused-ring (bicyclic) bond motifs is 13. The van der Waals surface area contributed by atoms with Crippen molar-refractivity contribution < 1.29 is 22.2 Å². The lowest BCUT2D eigenvalue weighted by atomic mass is 9.33. The van der Waals surface area contributed by atoms with Crippen LogP contribution in [0.5, 0.6) is 0 Å². The Hall–Kier alpha value is -11.1. The first-order valence-corrected chi connectivity index (χ1v) is 32.9. The third-order valence-electron chi connectivity index (χ3n) is 19.9. The van der Waals surface area contributed by atoms with E-state index in [0.717, 1.165) is 100 Å². The van der Waals surface area contributed by atoms with Crippen LogP contribution in [-0.4, -0.2) is 15.8 Å². The molecule has 13 aromatic carbocycles. The van der Waals surface area contributed by atoms with Crippen LogP contribution in [0.15, 0.2) is 283 Å². The Morgan fingerprint density at radius 1 is 0.302 bits per heavy atom. The number of benzene rings is 13. The second kappa shape index (κ2) is 21.2. The molecular formula is C90H73BN4O. The van der Waals surface area contributed by atoms with Crippen LogP contribution in [-0.2, 0) is 16.2 Å². The summed E-state index contributed by atoms with van der Waals surface area (Å²) in [5.41, 5.74) is 18.3. The zero-order chi connectivity index (χ0) is 76.4. The summed E-state index contributed by atoms with van der Waals surface area (Å²) in [5, 5.41) is 3.48. The summed E-state index contributed by atoms with van der Waals surface area (Å²) >= 11 is 0. The number of nitrogens with zero attached hydrogens (tertiary/aromatic N) is 4. The lowest BCUT2D eigenvalue weighted by Crippen LogP contribution is -2.61. The number of furan rings is 1. The highest BCUT2D eigenvalue weighted by molar-refractivity contribution is 7.00. The van der Waals surface area contributed by atoms with Crippen molar-refractivity contribution in [3.8, 4) is 44.8 Å². The Morgan fingerprint density at radius 2 is 0.812 bits per heavy atom. The van der Waals surface area contributed by atoms with Crippen LogP contribution < -0.4 is 26.2 Å². The van der Waals surface area contributed by atoms with Crippen LogP contribution in [0.2, 0.25) is 0 Å². The summed E-state index contributed by atoms with van der Waals surface area (Å²) in [6.07, 6.45) is 0. The Labute approximate surface area is 580 Å². The minimum absolute atomic E-state index is 0.0277. The van der Waals surface area contributed by atoms with E-state index >= 15 is 0 Å². The Morgan fingerprint density at radius 3 is 1.39 bits per heavy atom. The molecule has 3 aromatic heterocycles. The highest BCUT2D eigenvalue weighted by Gasteiger charge is 2.45.